The molecular formula is C56H59F10N11O8. The topological polar surface area (TPSA) is 218 Å². The van der Waals surface area contributed by atoms with Gasteiger partial charge in [0, 0.05) is 91.4 Å². The Morgan fingerprint density at radius 1 is 0.812 bits per heavy atom. The first-order valence-corrected chi connectivity index (χ1v) is 27.5. The Balaban J connectivity index is 0.861. The van der Waals surface area contributed by atoms with Crippen LogP contribution in [0.25, 0.3) is 11.3 Å². The molecule has 5 heterocycles. The minimum Gasteiger partial charge on any atom is -0.453 e. The molecule has 19 nitrogen and oxygen atoms in total. The lowest BCUT2D eigenvalue weighted by molar-refractivity contribution is -0.376. The number of hydrazine groups is 1. The molecule has 9 fully saturated rings. The van der Waals surface area contributed by atoms with Crippen LogP contribution in [0, 0.1) is 45.1 Å². The van der Waals surface area contributed by atoms with Crippen LogP contribution in [0.5, 0.6) is 0 Å². The van der Waals surface area contributed by atoms with Crippen molar-refractivity contribution < 1.29 is 82.4 Å². The van der Waals surface area contributed by atoms with Crippen molar-refractivity contribution in [2.24, 2.45) is 21.7 Å². The molecule has 2 aromatic heterocycles. The van der Waals surface area contributed by atoms with Crippen molar-refractivity contribution in [2.75, 3.05) is 51.9 Å². The second-order valence-electron chi connectivity index (χ2n) is 23.7. The summed E-state index contributed by atoms with van der Waals surface area (Å²) in [5.41, 5.74) is -4.75. The van der Waals surface area contributed by atoms with Crippen LogP contribution in [-0.2, 0) is 36.8 Å². The number of aliphatic hydroxyl groups is 1. The van der Waals surface area contributed by atoms with Crippen LogP contribution in [0.4, 0.5) is 59.4 Å². The number of piperazine rings is 1. The van der Waals surface area contributed by atoms with E-state index >= 15 is 8.78 Å². The van der Waals surface area contributed by atoms with Gasteiger partial charge in [-0.1, -0.05) is 24.0 Å². The zero-order chi connectivity index (χ0) is 60.6. The summed E-state index contributed by atoms with van der Waals surface area (Å²) in [5.74, 6) is 1.70. The van der Waals surface area contributed by atoms with Gasteiger partial charge in [-0.25, -0.2) is 38.0 Å². The van der Waals surface area contributed by atoms with Crippen LogP contribution in [0.2, 0.25) is 0 Å². The van der Waals surface area contributed by atoms with E-state index in [4.69, 9.17) is 14.2 Å². The van der Waals surface area contributed by atoms with Crippen molar-refractivity contribution in [3.63, 3.8) is 0 Å². The summed E-state index contributed by atoms with van der Waals surface area (Å²) >= 11 is 0. The van der Waals surface area contributed by atoms with Gasteiger partial charge in [0.05, 0.1) is 60.6 Å². The van der Waals surface area contributed by atoms with E-state index in [0.717, 1.165) is 82.7 Å². The third kappa shape index (κ3) is 11.2. The van der Waals surface area contributed by atoms with E-state index in [0.29, 0.717) is 40.8 Å². The Kier molecular flexibility index (Phi) is 15.5. The molecule has 6 bridgehead atoms. The number of nitrogens with one attached hydrogen (secondary N) is 4. The standard InChI is InChI=1S/C56H59F10N11O8/c1-67-49(81)85-44(52-27-54(28-52,29-52)56(64,65)66)46(80)73-75(20-37-38(57)14-33(15-39(37)58)40-11-12-76(72-40)47(59)60)21-42(78)41(70-45(79)43(71-50(82)83-2)51-24-53(25-51,26-51)55(61,62)63)13-31-6-3-30(4-7-31)5-8-32-16-68-48(69-17-32)74-18-34-9-10-35(19-74)77(34)36-22-84-23-36/h3-4,6-7,11-12,14-17,34-36,41-44,47,78H,9-10,13,18-29H2,1-2H3,(H,67,81)(H,70,79)(H,71,82)(H,73,80)/t34-,35-,41-,42-,43+,44+,51?,52?,53?,54?/m0/s1. The summed E-state index contributed by atoms with van der Waals surface area (Å²) in [6.07, 6.45) is -13.0. The van der Waals surface area contributed by atoms with E-state index in [-0.39, 0.29) is 22.4 Å². The van der Waals surface area contributed by atoms with Gasteiger partial charge in [-0.3, -0.25) is 19.9 Å². The number of benzene rings is 2. The first-order chi connectivity index (χ1) is 40.2. The molecule has 6 aliphatic carbocycles. The molecule has 456 valence electrons. The van der Waals surface area contributed by atoms with Gasteiger partial charge in [0.1, 0.15) is 17.7 Å². The fraction of sp³-hybridized carbons (Fsp3) is 0.554. The first kappa shape index (κ1) is 59.4. The monoisotopic (exact) mass is 1200 g/mol. The van der Waals surface area contributed by atoms with Crippen molar-refractivity contribution in [3.05, 3.63) is 94.9 Å². The van der Waals surface area contributed by atoms with Crippen LogP contribution < -0.4 is 26.3 Å². The average molecular weight is 1200 g/mol. The highest BCUT2D eigenvalue weighted by Crippen LogP contribution is 2.80. The molecule has 6 saturated carbocycles. The van der Waals surface area contributed by atoms with Gasteiger partial charge in [-0.2, -0.15) is 40.2 Å². The number of aliphatic hydroxyl groups excluding tert-OH is 1. The molecule has 0 unspecified atom stereocenters. The highest BCUT2D eigenvalue weighted by molar-refractivity contribution is 5.88. The maximum atomic E-state index is 16.2. The average Bonchev–Trinajstić information content (AvgIpc) is 1.16. The molecule has 85 heavy (non-hydrogen) atoms. The zero-order valence-electron chi connectivity index (χ0n) is 45.7. The summed E-state index contributed by atoms with van der Waals surface area (Å²) in [6.45, 7) is -1.90. The lowest BCUT2D eigenvalue weighted by atomic mass is 9.32. The van der Waals surface area contributed by atoms with Crippen LogP contribution in [0.3, 0.4) is 0 Å². The Labute approximate surface area is 479 Å². The molecule has 0 spiro atoms. The van der Waals surface area contributed by atoms with Crippen molar-refractivity contribution in [2.45, 2.75) is 126 Å². The number of aromatic nitrogens is 4. The van der Waals surface area contributed by atoms with E-state index in [9.17, 15) is 59.4 Å². The number of rotatable bonds is 19. The second-order valence-corrected chi connectivity index (χ2v) is 23.7. The predicted octanol–water partition coefficient (Wildman–Crippen LogP) is 6.30. The summed E-state index contributed by atoms with van der Waals surface area (Å²) in [5, 5.41) is 23.8. The van der Waals surface area contributed by atoms with E-state index in [1.54, 1.807) is 36.7 Å². The van der Waals surface area contributed by atoms with Crippen molar-refractivity contribution >= 4 is 29.9 Å². The summed E-state index contributed by atoms with van der Waals surface area (Å²) < 4.78 is 160. The first-order valence-electron chi connectivity index (χ1n) is 27.5. The fourth-order valence-electron chi connectivity index (χ4n) is 13.9. The fourth-order valence-corrected chi connectivity index (χ4v) is 13.9. The zero-order valence-corrected chi connectivity index (χ0v) is 45.7. The smallest absolute Gasteiger partial charge is 0.407 e. The highest BCUT2D eigenvalue weighted by atomic mass is 19.4. The Morgan fingerprint density at radius 3 is 1.93 bits per heavy atom. The highest BCUT2D eigenvalue weighted by Gasteiger charge is 2.82. The number of anilines is 1. The lowest BCUT2D eigenvalue weighted by Gasteiger charge is -2.72. The van der Waals surface area contributed by atoms with E-state index in [1.807, 2.05) is 0 Å². The number of nitrogens with zero attached hydrogens (tertiary/aromatic N) is 7. The molecule has 13 rings (SSSR count). The normalized spacial score (nSPS) is 27.1. The molecule has 6 atom stereocenters. The maximum Gasteiger partial charge on any atom is 0.407 e. The van der Waals surface area contributed by atoms with E-state index < -0.39 is 158 Å². The number of halogens is 10. The van der Waals surface area contributed by atoms with Crippen molar-refractivity contribution in [1.29, 1.82) is 0 Å². The Morgan fingerprint density at radius 2 is 1.40 bits per heavy atom. The van der Waals surface area contributed by atoms with Gasteiger partial charge in [-0.05, 0) is 93.7 Å². The van der Waals surface area contributed by atoms with Gasteiger partial charge in [-0.15, -0.1) is 0 Å². The molecule has 2 aromatic carbocycles. The summed E-state index contributed by atoms with van der Waals surface area (Å²) in [7, 11) is 2.10. The third-order valence-corrected chi connectivity index (χ3v) is 18.2. The quantitative estimate of drug-likeness (QED) is 0.0396. The minimum absolute atomic E-state index is 0.241. The Bertz CT molecular complexity index is 3200. The summed E-state index contributed by atoms with van der Waals surface area (Å²) in [6, 6.07) is 7.03. The molecule has 5 N–H and O–H groups in total. The number of alkyl carbamates (subject to hydrolysis) is 2. The lowest BCUT2D eigenvalue weighted by Crippen LogP contribution is -2.76. The number of alkyl halides is 8. The molecule has 4 amide bonds. The van der Waals surface area contributed by atoms with Gasteiger partial charge in [0.25, 0.3) is 5.91 Å². The van der Waals surface area contributed by atoms with Crippen LogP contribution in [0.15, 0.2) is 61.1 Å². The number of hydrogen-bond acceptors (Lipinski definition) is 14. The molecule has 3 aliphatic heterocycles. The van der Waals surface area contributed by atoms with Crippen LogP contribution in [0.1, 0.15) is 80.2 Å². The molecule has 0 radical (unpaired) electrons. The van der Waals surface area contributed by atoms with Crippen LogP contribution >= 0.6 is 0 Å². The number of carbonyl (C=O) groups excluding carboxylic acids is 4. The van der Waals surface area contributed by atoms with Crippen molar-refractivity contribution in [1.82, 2.24) is 51.0 Å². The number of ether oxygens (including phenoxy) is 3. The number of hydrogen-bond donors (Lipinski definition) is 5. The van der Waals surface area contributed by atoms with E-state index in [2.05, 4.69) is 58.1 Å². The SMILES string of the molecule is CNC(=O)O[C@H](C(=O)NN(Cc1c(F)cc(-c2ccn(C(F)F)n2)cc1F)C[C@H](O)[C@H](Cc1ccc(C#Cc2cnc(N3C[C@@H]4CC[C@@H](C3)N4C3COC3)nc2)cc1)NC(=O)[C@@H](NC(=O)OC)C12CC(C(F)(F)F)(C1)C2)C12CC(C(F)(F)F)(C1)C2. The third-order valence-electron chi connectivity index (χ3n) is 18.2. The molecule has 29 heteroatoms. The largest absolute Gasteiger partial charge is 0.453 e. The molecule has 3 saturated heterocycles. The maximum absolute atomic E-state index is 16.2. The second kappa shape index (κ2) is 22.2. The number of carbonyl (C=O) groups is 4. The number of methoxy groups -OCH3 is 1. The number of fused-ring (bicyclic) bond motifs is 2. The minimum atomic E-state index is -4.67. The van der Waals surface area contributed by atoms with Gasteiger partial charge in [0.15, 0.2) is 6.10 Å². The Hall–Kier alpha value is -7.29. The van der Waals surface area contributed by atoms with E-state index in [1.165, 1.54) is 0 Å². The molecular weight excluding hydrogens is 1140 g/mol. The molecule has 4 aromatic rings. The van der Waals surface area contributed by atoms with Gasteiger partial charge in [0.2, 0.25) is 11.9 Å². The summed E-state index contributed by atoms with van der Waals surface area (Å²) in [4.78, 5) is 68.2. The van der Waals surface area contributed by atoms with Crippen molar-refractivity contribution in [3.8, 4) is 23.1 Å². The molecule has 9 aliphatic rings. The van der Waals surface area contributed by atoms with Crippen LogP contribution in [-0.4, -0.2) is 161 Å². The number of amides is 4. The van der Waals surface area contributed by atoms with Gasteiger partial charge < -0.3 is 40.2 Å². The predicted molar refractivity (Wildman–Crippen MR) is 277 cm³/mol. The van der Waals surface area contributed by atoms with Gasteiger partial charge >= 0.3 is 31.1 Å².